The molecule has 2 heteroatoms. The highest BCUT2D eigenvalue weighted by Crippen LogP contribution is 2.16. The molecule has 2 rings (SSSR count). The first-order valence-corrected chi connectivity index (χ1v) is 4.63. The number of benzene rings is 1. The third-order valence-electron chi connectivity index (χ3n) is 2.44. The molecule has 1 N–H and O–H groups in total. The number of carbonyl (C=O) groups is 1. The monoisotopic (exact) mass is 175 g/mol. The fourth-order valence-electron chi connectivity index (χ4n) is 1.73. The Hall–Kier alpha value is -1.31. The average Bonchev–Trinajstić information content (AvgIpc) is 2.27. The third-order valence-corrected chi connectivity index (χ3v) is 2.44. The molecule has 1 heterocycles. The Kier molecular flexibility index (Phi) is 2.05. The molecule has 1 aromatic rings. The predicted octanol–water partition coefficient (Wildman–Crippen LogP) is 1.61. The minimum absolute atomic E-state index is 0.0694. The van der Waals surface area contributed by atoms with Gasteiger partial charge in [0.25, 0.3) is 5.91 Å². The van der Waals surface area contributed by atoms with Gasteiger partial charge in [-0.15, -0.1) is 0 Å². The lowest BCUT2D eigenvalue weighted by Crippen LogP contribution is -2.25. The van der Waals surface area contributed by atoms with E-state index in [1.165, 1.54) is 5.56 Å². The van der Waals surface area contributed by atoms with E-state index in [2.05, 4.69) is 12.2 Å². The first kappa shape index (κ1) is 8.30. The van der Waals surface area contributed by atoms with Crippen LogP contribution in [-0.2, 0) is 6.42 Å². The molecule has 1 aromatic carbocycles. The van der Waals surface area contributed by atoms with Crippen molar-refractivity contribution in [2.24, 2.45) is 5.92 Å². The molecule has 0 aromatic heterocycles. The number of hydrogen-bond acceptors (Lipinski definition) is 1. The highest BCUT2D eigenvalue weighted by atomic mass is 16.1. The van der Waals surface area contributed by atoms with Crippen LogP contribution >= 0.6 is 0 Å². The molecule has 68 valence electrons. The van der Waals surface area contributed by atoms with Gasteiger partial charge >= 0.3 is 0 Å². The lowest BCUT2D eigenvalue weighted by molar-refractivity contribution is 0.0952. The van der Waals surface area contributed by atoms with Crippen molar-refractivity contribution in [3.8, 4) is 0 Å². The van der Waals surface area contributed by atoms with Crippen molar-refractivity contribution in [2.75, 3.05) is 6.54 Å². The van der Waals surface area contributed by atoms with Crippen LogP contribution in [0.3, 0.4) is 0 Å². The summed E-state index contributed by atoms with van der Waals surface area (Å²) in [6.07, 6.45) is 0.995. The largest absolute Gasteiger partial charge is 0.352 e. The molecule has 1 amide bonds. The molecule has 1 aliphatic heterocycles. The van der Waals surface area contributed by atoms with Gasteiger partial charge in [0, 0.05) is 12.1 Å². The number of rotatable bonds is 0. The number of nitrogens with one attached hydrogen (secondary N) is 1. The van der Waals surface area contributed by atoms with Crippen LogP contribution in [0.1, 0.15) is 22.8 Å². The molecule has 2 nitrogen and oxygen atoms in total. The standard InChI is InChI=1S/C11H13NO/c1-8-6-9-4-2-3-5-10(9)11(13)12-7-8/h2-5,8H,6-7H2,1H3,(H,12,13)/t8-/m0/s1. The maximum atomic E-state index is 11.5. The SMILES string of the molecule is C[C@@H]1CNC(=O)c2ccccc2C1. The summed E-state index contributed by atoms with van der Waals surface area (Å²) >= 11 is 0. The van der Waals surface area contributed by atoms with Crippen molar-refractivity contribution < 1.29 is 4.79 Å². The van der Waals surface area contributed by atoms with Gasteiger partial charge in [0.1, 0.15) is 0 Å². The molecule has 0 radical (unpaired) electrons. The summed E-state index contributed by atoms with van der Waals surface area (Å²) in [6.45, 7) is 2.94. The lowest BCUT2D eigenvalue weighted by atomic mass is 9.99. The van der Waals surface area contributed by atoms with Crippen molar-refractivity contribution in [3.05, 3.63) is 35.4 Å². The van der Waals surface area contributed by atoms with Gasteiger partial charge < -0.3 is 5.32 Å². The molecule has 1 atom stereocenters. The molecule has 0 bridgehead atoms. The van der Waals surface area contributed by atoms with Crippen LogP contribution in [0.5, 0.6) is 0 Å². The molecular weight excluding hydrogens is 162 g/mol. The fourth-order valence-corrected chi connectivity index (χ4v) is 1.73. The smallest absolute Gasteiger partial charge is 0.251 e. The summed E-state index contributed by atoms with van der Waals surface area (Å²) in [4.78, 5) is 11.5. The minimum atomic E-state index is 0.0694. The van der Waals surface area contributed by atoms with Gasteiger partial charge in [-0.25, -0.2) is 0 Å². The predicted molar refractivity (Wildman–Crippen MR) is 51.6 cm³/mol. The van der Waals surface area contributed by atoms with Gasteiger partial charge in [0.2, 0.25) is 0 Å². The topological polar surface area (TPSA) is 29.1 Å². The van der Waals surface area contributed by atoms with E-state index in [0.717, 1.165) is 18.5 Å². The second kappa shape index (κ2) is 3.21. The van der Waals surface area contributed by atoms with Gasteiger partial charge in [0.05, 0.1) is 0 Å². The first-order chi connectivity index (χ1) is 6.27. The van der Waals surface area contributed by atoms with Crippen molar-refractivity contribution in [2.45, 2.75) is 13.3 Å². The van der Waals surface area contributed by atoms with Crippen LogP contribution in [0.25, 0.3) is 0 Å². The van der Waals surface area contributed by atoms with E-state index >= 15 is 0 Å². The maximum absolute atomic E-state index is 11.5. The van der Waals surface area contributed by atoms with Crippen LogP contribution < -0.4 is 5.32 Å². The van der Waals surface area contributed by atoms with Crippen molar-refractivity contribution in [1.82, 2.24) is 5.32 Å². The van der Waals surface area contributed by atoms with E-state index in [0.29, 0.717) is 5.92 Å². The van der Waals surface area contributed by atoms with Gasteiger partial charge in [-0.3, -0.25) is 4.79 Å². The normalized spacial score (nSPS) is 21.6. The Balaban J connectivity index is 2.43. The number of fused-ring (bicyclic) bond motifs is 1. The zero-order valence-electron chi connectivity index (χ0n) is 7.71. The van der Waals surface area contributed by atoms with E-state index in [1.807, 2.05) is 24.3 Å². The Morgan fingerprint density at radius 3 is 3.00 bits per heavy atom. The van der Waals surface area contributed by atoms with E-state index in [4.69, 9.17) is 0 Å². The van der Waals surface area contributed by atoms with Gasteiger partial charge in [-0.2, -0.15) is 0 Å². The highest BCUT2D eigenvalue weighted by Gasteiger charge is 2.17. The fraction of sp³-hybridized carbons (Fsp3) is 0.364. The summed E-state index contributed by atoms with van der Waals surface area (Å²) in [5.41, 5.74) is 2.01. The Morgan fingerprint density at radius 1 is 1.38 bits per heavy atom. The van der Waals surface area contributed by atoms with Crippen LogP contribution in [0.2, 0.25) is 0 Å². The van der Waals surface area contributed by atoms with Gasteiger partial charge in [0.15, 0.2) is 0 Å². The lowest BCUT2D eigenvalue weighted by Gasteiger charge is -2.05. The van der Waals surface area contributed by atoms with E-state index in [1.54, 1.807) is 0 Å². The quantitative estimate of drug-likeness (QED) is 0.637. The summed E-state index contributed by atoms with van der Waals surface area (Å²) in [6, 6.07) is 7.83. The van der Waals surface area contributed by atoms with Crippen molar-refractivity contribution in [3.63, 3.8) is 0 Å². The number of amides is 1. The summed E-state index contributed by atoms with van der Waals surface area (Å²) < 4.78 is 0. The van der Waals surface area contributed by atoms with Crippen LogP contribution in [-0.4, -0.2) is 12.5 Å². The molecule has 0 spiro atoms. The molecule has 1 aliphatic rings. The van der Waals surface area contributed by atoms with Crippen LogP contribution in [0.15, 0.2) is 24.3 Å². The molecule has 13 heavy (non-hydrogen) atoms. The third kappa shape index (κ3) is 1.57. The number of hydrogen-bond donors (Lipinski definition) is 1. The van der Waals surface area contributed by atoms with Crippen LogP contribution in [0.4, 0.5) is 0 Å². The summed E-state index contributed by atoms with van der Waals surface area (Å²) in [5, 5.41) is 2.91. The maximum Gasteiger partial charge on any atom is 0.251 e. The second-order valence-electron chi connectivity index (χ2n) is 3.68. The molecule has 0 fully saturated rings. The second-order valence-corrected chi connectivity index (χ2v) is 3.68. The molecular formula is C11H13NO. The van der Waals surface area contributed by atoms with E-state index in [-0.39, 0.29) is 5.91 Å². The van der Waals surface area contributed by atoms with Crippen molar-refractivity contribution in [1.29, 1.82) is 0 Å². The molecule has 0 saturated heterocycles. The zero-order chi connectivity index (χ0) is 9.26. The van der Waals surface area contributed by atoms with Gasteiger partial charge in [-0.05, 0) is 24.0 Å². The molecule has 0 unspecified atom stereocenters. The van der Waals surface area contributed by atoms with Crippen LogP contribution in [0, 0.1) is 5.92 Å². The molecule has 0 aliphatic carbocycles. The average molecular weight is 175 g/mol. The number of carbonyl (C=O) groups excluding carboxylic acids is 1. The van der Waals surface area contributed by atoms with Crippen molar-refractivity contribution >= 4 is 5.91 Å². The Labute approximate surface area is 78.0 Å². The summed E-state index contributed by atoms with van der Waals surface area (Å²) in [7, 11) is 0. The zero-order valence-corrected chi connectivity index (χ0v) is 7.71. The summed E-state index contributed by atoms with van der Waals surface area (Å²) in [5.74, 6) is 0.604. The van der Waals surface area contributed by atoms with Gasteiger partial charge in [-0.1, -0.05) is 25.1 Å². The van der Waals surface area contributed by atoms with E-state index < -0.39 is 0 Å². The Morgan fingerprint density at radius 2 is 2.15 bits per heavy atom. The van der Waals surface area contributed by atoms with E-state index in [9.17, 15) is 4.79 Å². The minimum Gasteiger partial charge on any atom is -0.352 e. The Bertz CT molecular complexity index is 333. The molecule has 0 saturated carbocycles. The first-order valence-electron chi connectivity index (χ1n) is 4.63. The highest BCUT2D eigenvalue weighted by molar-refractivity contribution is 5.96.